The lowest BCUT2D eigenvalue weighted by atomic mass is 10.0. The van der Waals surface area contributed by atoms with Gasteiger partial charge in [0.1, 0.15) is 5.82 Å². The number of halogens is 1. The molecule has 5 rings (SSSR count). The Balaban J connectivity index is 1.06. The van der Waals surface area contributed by atoms with Crippen molar-refractivity contribution in [2.45, 2.75) is 64.6 Å². The van der Waals surface area contributed by atoms with Crippen molar-refractivity contribution in [2.24, 2.45) is 0 Å². The maximum absolute atomic E-state index is 13.2. The van der Waals surface area contributed by atoms with Crippen LogP contribution in [0.5, 0.6) is 0 Å². The van der Waals surface area contributed by atoms with Crippen LogP contribution in [0.15, 0.2) is 123 Å². The molecule has 2 N–H and O–H groups in total. The zero-order valence-corrected chi connectivity index (χ0v) is 31.8. The highest BCUT2D eigenvalue weighted by Gasteiger charge is 2.24. The summed E-state index contributed by atoms with van der Waals surface area (Å²) in [5, 5.41) is 7.06. The van der Waals surface area contributed by atoms with Gasteiger partial charge in [-0.3, -0.25) is 14.5 Å². The van der Waals surface area contributed by atoms with Crippen molar-refractivity contribution in [3.8, 4) is 0 Å². The minimum atomic E-state index is -0.0963. The molecule has 2 fully saturated rings. The molecule has 0 spiro atoms. The molecule has 7 nitrogen and oxygen atoms in total. The predicted molar refractivity (Wildman–Crippen MR) is 221 cm³/mol. The Kier molecular flexibility index (Phi) is 14.6. The van der Waals surface area contributed by atoms with Gasteiger partial charge in [0, 0.05) is 72.7 Å². The van der Waals surface area contributed by atoms with Crippen LogP contribution >= 0.6 is 11.6 Å². The van der Waals surface area contributed by atoms with Gasteiger partial charge in [-0.05, 0) is 97.7 Å². The van der Waals surface area contributed by atoms with Crippen molar-refractivity contribution >= 4 is 40.4 Å². The normalized spacial score (nSPS) is 16.6. The van der Waals surface area contributed by atoms with Crippen molar-refractivity contribution in [2.75, 3.05) is 31.1 Å². The summed E-state index contributed by atoms with van der Waals surface area (Å²) in [5.41, 5.74) is 6.06. The fourth-order valence-corrected chi connectivity index (χ4v) is 6.99. The fourth-order valence-electron chi connectivity index (χ4n) is 6.77. The lowest BCUT2D eigenvalue weighted by molar-refractivity contribution is 0.0906. The number of piperidine rings is 2. The summed E-state index contributed by atoms with van der Waals surface area (Å²) in [6.07, 6.45) is 22.0. The number of anilines is 1. The van der Waals surface area contributed by atoms with Crippen molar-refractivity contribution < 1.29 is 9.59 Å². The molecule has 0 saturated carbocycles. The molecule has 0 atom stereocenters. The van der Waals surface area contributed by atoms with Gasteiger partial charge in [0.25, 0.3) is 11.8 Å². The van der Waals surface area contributed by atoms with Gasteiger partial charge < -0.3 is 15.5 Å². The van der Waals surface area contributed by atoms with Crippen molar-refractivity contribution in [3.05, 3.63) is 155 Å². The van der Waals surface area contributed by atoms with Crippen LogP contribution in [0.4, 0.5) is 5.82 Å². The Morgan fingerprint density at radius 3 is 2.09 bits per heavy atom. The van der Waals surface area contributed by atoms with E-state index in [1.807, 2.05) is 79.9 Å². The van der Waals surface area contributed by atoms with Crippen LogP contribution in [-0.4, -0.2) is 60.0 Å². The predicted octanol–water partition coefficient (Wildman–Crippen LogP) is 9.21. The third-order valence-electron chi connectivity index (χ3n) is 9.85. The lowest BCUT2D eigenvalue weighted by Crippen LogP contribution is -2.45. The molecule has 2 aliphatic heterocycles. The van der Waals surface area contributed by atoms with Gasteiger partial charge in [-0.1, -0.05) is 98.5 Å². The number of allylic oxidation sites excluding steroid dienone is 10. The lowest BCUT2D eigenvalue weighted by Gasteiger charge is -2.34. The number of benzene rings is 2. The van der Waals surface area contributed by atoms with Crippen LogP contribution in [0.25, 0.3) is 11.1 Å². The molecule has 3 aromatic rings. The average Bonchev–Trinajstić information content (AvgIpc) is 3.19. The Bertz CT molecular complexity index is 1860. The van der Waals surface area contributed by atoms with Crippen LogP contribution in [-0.2, 0) is 6.54 Å². The van der Waals surface area contributed by atoms with Gasteiger partial charge in [0.05, 0.1) is 0 Å². The van der Waals surface area contributed by atoms with Gasteiger partial charge in [-0.2, -0.15) is 0 Å². The summed E-state index contributed by atoms with van der Waals surface area (Å²) in [4.78, 5) is 35.9. The number of hydrogen-bond donors (Lipinski definition) is 2. The number of likely N-dealkylation sites (tertiary alicyclic amines) is 1. The van der Waals surface area contributed by atoms with E-state index < -0.39 is 0 Å². The first-order valence-electron chi connectivity index (χ1n) is 18.7. The van der Waals surface area contributed by atoms with E-state index in [2.05, 4.69) is 58.7 Å². The molecule has 0 bridgehead atoms. The monoisotopic (exact) mass is 729 g/mol. The highest BCUT2D eigenvalue weighted by atomic mass is 35.5. The number of pyridine rings is 1. The summed E-state index contributed by atoms with van der Waals surface area (Å²) >= 11 is 6.47. The van der Waals surface area contributed by atoms with E-state index in [0.717, 1.165) is 92.9 Å². The Hall–Kier alpha value is -4.98. The molecule has 8 heteroatoms. The van der Waals surface area contributed by atoms with Gasteiger partial charge >= 0.3 is 0 Å². The number of hydrogen-bond acceptors (Lipinski definition) is 5. The van der Waals surface area contributed by atoms with E-state index in [9.17, 15) is 9.59 Å². The molecule has 2 saturated heterocycles. The summed E-state index contributed by atoms with van der Waals surface area (Å²) in [7, 11) is 0. The van der Waals surface area contributed by atoms with Crippen molar-refractivity contribution in [1.29, 1.82) is 0 Å². The first-order valence-corrected chi connectivity index (χ1v) is 19.1. The van der Waals surface area contributed by atoms with E-state index in [-0.39, 0.29) is 23.9 Å². The summed E-state index contributed by atoms with van der Waals surface area (Å²) in [6.45, 7) is 16.2. The van der Waals surface area contributed by atoms with Crippen LogP contribution in [0.3, 0.4) is 0 Å². The number of carbonyl (C=O) groups is 2. The number of rotatable bonds is 14. The zero-order valence-electron chi connectivity index (χ0n) is 31.1. The second-order valence-electron chi connectivity index (χ2n) is 13.6. The maximum atomic E-state index is 13.2. The molecule has 0 radical (unpaired) electrons. The van der Waals surface area contributed by atoms with Crippen LogP contribution in [0, 0.1) is 0 Å². The van der Waals surface area contributed by atoms with Crippen molar-refractivity contribution in [1.82, 2.24) is 20.5 Å². The first-order chi connectivity index (χ1) is 25.8. The molecule has 2 amide bonds. The number of amides is 2. The standard InChI is InChI=1S/C45H52ClN5O2/c1-5-9-11-14-34(7-3)36-15-12-16-37(29-36)44(52)48-39-21-25-50(26-22-39)32-33-17-20-43(47-31-33)51-27-23-40(24-28-51)49-45(53)38-18-19-42(46)41(30-38)35(8-4)13-10-6-2/h6-20,29-31,39-40H,3-5,21-28,32H2,1-2H3,(H,48,52)(H,49,53)/b10-6-,11-9-,34-14+,35-13+. The highest BCUT2D eigenvalue weighted by molar-refractivity contribution is 6.32. The topological polar surface area (TPSA) is 77.6 Å². The third kappa shape index (κ3) is 11.0. The summed E-state index contributed by atoms with van der Waals surface area (Å²) in [5.74, 6) is 0.834. The Morgan fingerprint density at radius 2 is 1.47 bits per heavy atom. The number of carbonyl (C=O) groups excluding carboxylic acids is 2. The van der Waals surface area contributed by atoms with Crippen LogP contribution < -0.4 is 15.5 Å². The second-order valence-corrected chi connectivity index (χ2v) is 14.0. The largest absolute Gasteiger partial charge is 0.356 e. The minimum Gasteiger partial charge on any atom is -0.356 e. The fraction of sp³-hybridized carbons (Fsp3) is 0.311. The van der Waals surface area contributed by atoms with Gasteiger partial charge in [0.2, 0.25) is 0 Å². The number of nitrogens with one attached hydrogen (secondary N) is 2. The molecule has 53 heavy (non-hydrogen) atoms. The SMILES string of the molecule is C=C/C(=C\C=C/CC)c1cccc(C(=O)NC2CCN(Cc3ccc(N4CCC(NC(=O)c5ccc(Cl)c(/C(C=C)=C/C=C\C)c5)CC4)nc3)CC2)c1. The third-order valence-corrected chi connectivity index (χ3v) is 10.2. The highest BCUT2D eigenvalue weighted by Crippen LogP contribution is 2.27. The molecule has 0 aliphatic carbocycles. The molecular weight excluding hydrogens is 678 g/mol. The van der Waals surface area contributed by atoms with E-state index in [0.29, 0.717) is 16.1 Å². The number of nitrogens with zero attached hydrogens (tertiary/aromatic N) is 3. The minimum absolute atomic E-state index is 0.0321. The number of aromatic nitrogens is 1. The summed E-state index contributed by atoms with van der Waals surface area (Å²) < 4.78 is 0. The van der Waals surface area contributed by atoms with E-state index in [1.165, 1.54) is 5.56 Å². The molecular formula is C45H52ClN5O2. The van der Waals surface area contributed by atoms with Gasteiger partial charge in [-0.15, -0.1) is 0 Å². The van der Waals surface area contributed by atoms with E-state index in [1.54, 1.807) is 18.2 Å². The van der Waals surface area contributed by atoms with Gasteiger partial charge in [0.15, 0.2) is 0 Å². The average molecular weight is 730 g/mol. The zero-order chi connectivity index (χ0) is 37.6. The van der Waals surface area contributed by atoms with Crippen molar-refractivity contribution in [3.63, 3.8) is 0 Å². The maximum Gasteiger partial charge on any atom is 0.251 e. The summed E-state index contributed by atoms with van der Waals surface area (Å²) in [6, 6.07) is 17.6. The molecule has 3 heterocycles. The Labute approximate surface area is 320 Å². The Morgan fingerprint density at radius 1 is 0.830 bits per heavy atom. The van der Waals surface area contributed by atoms with E-state index >= 15 is 0 Å². The van der Waals surface area contributed by atoms with Crippen LogP contribution in [0.1, 0.15) is 83.4 Å². The van der Waals surface area contributed by atoms with Crippen LogP contribution in [0.2, 0.25) is 5.02 Å². The molecule has 2 aromatic carbocycles. The molecule has 2 aliphatic rings. The first kappa shape index (κ1) is 39.2. The second kappa shape index (κ2) is 19.7. The van der Waals surface area contributed by atoms with Gasteiger partial charge in [-0.25, -0.2) is 4.98 Å². The molecule has 1 aromatic heterocycles. The van der Waals surface area contributed by atoms with E-state index in [4.69, 9.17) is 16.6 Å². The smallest absolute Gasteiger partial charge is 0.251 e. The molecule has 0 unspecified atom stereocenters. The molecule has 276 valence electrons. The quantitative estimate of drug-likeness (QED) is 0.162.